The third-order valence-corrected chi connectivity index (χ3v) is 10.7. The number of benzene rings is 9. The third-order valence-electron chi connectivity index (χ3n) is 10.7. The maximum atomic E-state index is 6.20. The maximum Gasteiger partial charge on any atom is 0.135 e. The summed E-state index contributed by atoms with van der Waals surface area (Å²) in [5.74, 6) is 0.873. The fourth-order valence-electron chi connectivity index (χ4n) is 7.78. The lowest BCUT2D eigenvalue weighted by Crippen LogP contribution is -2.09. The minimum Gasteiger partial charge on any atom is -0.456 e. The van der Waals surface area contributed by atoms with Gasteiger partial charge in [-0.2, -0.15) is 0 Å². The Bertz CT molecular complexity index is 2890. The number of para-hydroxylation sites is 1. The average molecular weight is 716 g/mol. The van der Waals surface area contributed by atoms with E-state index in [0.717, 1.165) is 50.5 Å². The van der Waals surface area contributed by atoms with Crippen molar-refractivity contribution in [1.82, 2.24) is 0 Å². The molecule has 0 spiro atoms. The first-order valence-corrected chi connectivity index (χ1v) is 19.1. The third kappa shape index (κ3) is 6.44. The van der Waals surface area contributed by atoms with Crippen molar-refractivity contribution in [2.24, 2.45) is 0 Å². The Morgan fingerprint density at radius 3 is 1.38 bits per heavy atom. The lowest BCUT2D eigenvalue weighted by Gasteiger charge is -2.26. The second-order valence-electron chi connectivity index (χ2n) is 14.2. The molecule has 0 saturated heterocycles. The topological polar surface area (TPSA) is 16.4 Å². The van der Waals surface area contributed by atoms with E-state index in [1.54, 1.807) is 0 Å². The van der Waals surface area contributed by atoms with Crippen LogP contribution < -0.4 is 4.90 Å². The van der Waals surface area contributed by atoms with Crippen LogP contribution >= 0.6 is 0 Å². The first-order valence-electron chi connectivity index (χ1n) is 19.1. The highest BCUT2D eigenvalue weighted by atomic mass is 16.3. The average Bonchev–Trinajstić information content (AvgIpc) is 3.72. The Morgan fingerprint density at radius 2 is 0.732 bits per heavy atom. The van der Waals surface area contributed by atoms with Crippen molar-refractivity contribution >= 4 is 38.8 Å². The molecule has 10 rings (SSSR count). The molecular weight excluding hydrogens is 679 g/mol. The lowest BCUT2D eigenvalue weighted by atomic mass is 9.98. The number of nitrogens with zero attached hydrogens (tertiary/aromatic N) is 1. The van der Waals surface area contributed by atoms with Gasteiger partial charge in [-0.15, -0.1) is 0 Å². The van der Waals surface area contributed by atoms with Crippen LogP contribution in [0.5, 0.6) is 0 Å². The van der Waals surface area contributed by atoms with E-state index in [1.165, 1.54) is 44.2 Å². The van der Waals surface area contributed by atoms with E-state index in [9.17, 15) is 0 Å². The van der Waals surface area contributed by atoms with Crippen LogP contribution in [0.15, 0.2) is 229 Å². The number of rotatable bonds is 8. The SMILES string of the molecule is c1ccc(-c2ccc(-c3ccc(N(c4ccc(-c5cccc(-c6cc7ccccc7o6)c5)cc4)c4ccc(-c5cccc6ccccc56)cc4)cc3)cc2)cc1. The van der Waals surface area contributed by atoms with E-state index < -0.39 is 0 Å². The van der Waals surface area contributed by atoms with Gasteiger partial charge in [0, 0.05) is 28.0 Å². The first kappa shape index (κ1) is 33.2. The molecular formula is C54H37NO. The van der Waals surface area contributed by atoms with Crippen LogP contribution in [0.2, 0.25) is 0 Å². The summed E-state index contributed by atoms with van der Waals surface area (Å²) in [5, 5.41) is 3.61. The molecule has 0 aliphatic carbocycles. The highest BCUT2D eigenvalue weighted by molar-refractivity contribution is 5.97. The summed E-state index contributed by atoms with van der Waals surface area (Å²) < 4.78 is 6.20. The molecule has 1 heterocycles. The zero-order valence-electron chi connectivity index (χ0n) is 30.7. The highest BCUT2D eigenvalue weighted by Gasteiger charge is 2.15. The number of hydrogen-bond acceptors (Lipinski definition) is 2. The molecule has 2 nitrogen and oxygen atoms in total. The maximum absolute atomic E-state index is 6.20. The Hall–Kier alpha value is -7.42. The predicted octanol–water partition coefficient (Wildman–Crippen LogP) is 15.4. The van der Waals surface area contributed by atoms with Crippen LogP contribution in [0.25, 0.3) is 77.6 Å². The van der Waals surface area contributed by atoms with E-state index in [2.05, 4.69) is 211 Å². The van der Waals surface area contributed by atoms with Crippen molar-refractivity contribution in [1.29, 1.82) is 0 Å². The highest BCUT2D eigenvalue weighted by Crippen LogP contribution is 2.39. The van der Waals surface area contributed by atoms with Crippen LogP contribution in [-0.2, 0) is 0 Å². The van der Waals surface area contributed by atoms with Crippen molar-refractivity contribution in [3.63, 3.8) is 0 Å². The lowest BCUT2D eigenvalue weighted by molar-refractivity contribution is 0.631. The van der Waals surface area contributed by atoms with Gasteiger partial charge in [0.15, 0.2) is 0 Å². The molecule has 0 bridgehead atoms. The molecule has 56 heavy (non-hydrogen) atoms. The molecule has 0 atom stereocenters. The number of furan rings is 1. The second-order valence-corrected chi connectivity index (χ2v) is 14.2. The minimum absolute atomic E-state index is 0.873. The predicted molar refractivity (Wildman–Crippen MR) is 236 cm³/mol. The molecule has 264 valence electrons. The first-order chi connectivity index (χ1) is 27.7. The molecule has 0 aliphatic heterocycles. The van der Waals surface area contributed by atoms with Crippen molar-refractivity contribution < 1.29 is 4.42 Å². The summed E-state index contributed by atoms with van der Waals surface area (Å²) >= 11 is 0. The largest absolute Gasteiger partial charge is 0.456 e. The standard InChI is InChI=1S/C54H37NO/c1-2-10-38(11-3-1)39-20-22-40(23-21-39)41-24-30-48(31-25-41)55(50-34-28-44(29-35-50)52-18-9-14-43-12-4-6-17-51(43)52)49-32-26-42(27-33-49)45-15-8-16-46(36-45)54-37-47-13-5-7-19-53(47)56-54/h1-37H. The summed E-state index contributed by atoms with van der Waals surface area (Å²) in [6, 6.07) is 80.1. The van der Waals surface area contributed by atoms with Crippen LogP contribution in [0.1, 0.15) is 0 Å². The summed E-state index contributed by atoms with van der Waals surface area (Å²) in [4.78, 5) is 2.34. The Morgan fingerprint density at radius 1 is 0.286 bits per heavy atom. The van der Waals surface area contributed by atoms with Crippen molar-refractivity contribution in [3.8, 4) is 55.8 Å². The summed E-state index contributed by atoms with van der Waals surface area (Å²) in [7, 11) is 0. The summed E-state index contributed by atoms with van der Waals surface area (Å²) in [6.45, 7) is 0. The van der Waals surface area contributed by atoms with Crippen LogP contribution in [0.3, 0.4) is 0 Å². The molecule has 1 aromatic heterocycles. The normalized spacial score (nSPS) is 11.2. The van der Waals surface area contributed by atoms with Crippen molar-refractivity contribution in [2.45, 2.75) is 0 Å². The molecule has 2 heteroatoms. The van der Waals surface area contributed by atoms with E-state index >= 15 is 0 Å². The zero-order chi connectivity index (χ0) is 37.3. The molecule has 0 unspecified atom stereocenters. The quantitative estimate of drug-likeness (QED) is 0.156. The smallest absolute Gasteiger partial charge is 0.135 e. The fourth-order valence-corrected chi connectivity index (χ4v) is 7.78. The Labute approximate surface area is 327 Å². The van der Waals surface area contributed by atoms with Crippen LogP contribution in [0, 0.1) is 0 Å². The van der Waals surface area contributed by atoms with Gasteiger partial charge in [0.05, 0.1) is 0 Å². The zero-order valence-corrected chi connectivity index (χ0v) is 30.7. The molecule has 0 fully saturated rings. The van der Waals surface area contributed by atoms with Crippen molar-refractivity contribution in [3.05, 3.63) is 224 Å². The summed E-state index contributed by atoms with van der Waals surface area (Å²) in [5.41, 5.74) is 14.8. The van der Waals surface area contributed by atoms with Gasteiger partial charge >= 0.3 is 0 Å². The van der Waals surface area contributed by atoms with E-state index in [1.807, 2.05) is 18.2 Å². The molecule has 0 saturated carbocycles. The van der Waals surface area contributed by atoms with E-state index in [-0.39, 0.29) is 0 Å². The van der Waals surface area contributed by atoms with Crippen LogP contribution in [0.4, 0.5) is 17.1 Å². The van der Waals surface area contributed by atoms with E-state index in [4.69, 9.17) is 4.42 Å². The number of hydrogen-bond donors (Lipinski definition) is 0. The second kappa shape index (κ2) is 14.4. The van der Waals surface area contributed by atoms with E-state index in [0.29, 0.717) is 0 Å². The molecule has 10 aromatic rings. The monoisotopic (exact) mass is 715 g/mol. The van der Waals surface area contributed by atoms with Gasteiger partial charge in [0.1, 0.15) is 11.3 Å². The van der Waals surface area contributed by atoms with Gasteiger partial charge < -0.3 is 9.32 Å². The van der Waals surface area contributed by atoms with Gasteiger partial charge in [0.25, 0.3) is 0 Å². The fraction of sp³-hybridized carbons (Fsp3) is 0. The summed E-state index contributed by atoms with van der Waals surface area (Å²) in [6.07, 6.45) is 0. The van der Waals surface area contributed by atoms with Gasteiger partial charge in [0.2, 0.25) is 0 Å². The van der Waals surface area contributed by atoms with Gasteiger partial charge in [-0.1, -0.05) is 170 Å². The molecule has 0 N–H and O–H groups in total. The molecule has 0 amide bonds. The number of anilines is 3. The Kier molecular flexibility index (Phi) is 8.55. The minimum atomic E-state index is 0.873. The molecule has 9 aromatic carbocycles. The van der Waals surface area contributed by atoms with Gasteiger partial charge in [-0.25, -0.2) is 0 Å². The van der Waals surface area contributed by atoms with Gasteiger partial charge in [-0.05, 0) is 110 Å². The number of fused-ring (bicyclic) bond motifs is 2. The molecule has 0 aliphatic rings. The molecule has 0 radical (unpaired) electrons. The van der Waals surface area contributed by atoms with Crippen LogP contribution in [-0.4, -0.2) is 0 Å². The van der Waals surface area contributed by atoms with Gasteiger partial charge in [-0.3, -0.25) is 0 Å². The van der Waals surface area contributed by atoms with Crippen molar-refractivity contribution in [2.75, 3.05) is 4.90 Å². The Balaban J connectivity index is 0.991.